The van der Waals surface area contributed by atoms with Crippen molar-refractivity contribution in [2.24, 2.45) is 0 Å². The lowest BCUT2D eigenvalue weighted by Gasteiger charge is -2.30. The number of aromatic nitrogens is 2. The van der Waals surface area contributed by atoms with Gasteiger partial charge in [-0.15, -0.1) is 0 Å². The van der Waals surface area contributed by atoms with E-state index in [1.807, 2.05) is 6.07 Å². The van der Waals surface area contributed by atoms with Crippen molar-refractivity contribution in [3.05, 3.63) is 229 Å². The van der Waals surface area contributed by atoms with Gasteiger partial charge >= 0.3 is 0 Å². The Bertz CT molecular complexity index is 3200. The van der Waals surface area contributed by atoms with Crippen molar-refractivity contribution < 1.29 is 0 Å². The van der Waals surface area contributed by atoms with Crippen molar-refractivity contribution in [1.82, 2.24) is 9.97 Å². The van der Waals surface area contributed by atoms with Crippen LogP contribution in [0.3, 0.4) is 0 Å². The first-order valence-corrected chi connectivity index (χ1v) is 19.7. The summed E-state index contributed by atoms with van der Waals surface area (Å²) in [7, 11) is 0. The maximum absolute atomic E-state index is 5.31. The molecule has 12 rings (SSSR count). The average Bonchev–Trinajstić information content (AvgIpc) is 3.77. The first-order chi connectivity index (χ1) is 28.3. The van der Waals surface area contributed by atoms with Crippen LogP contribution in [0.25, 0.3) is 88.8 Å². The van der Waals surface area contributed by atoms with Crippen molar-refractivity contribution in [1.29, 1.82) is 0 Å². The van der Waals surface area contributed by atoms with Crippen LogP contribution in [0.15, 0.2) is 206 Å². The molecule has 0 atom stereocenters. The molecule has 0 fully saturated rings. The lowest BCUT2D eigenvalue weighted by molar-refractivity contribution is 0.794. The fraction of sp³-hybridized carbons (Fsp3) is 0.0182. The molecule has 0 N–H and O–H groups in total. The summed E-state index contributed by atoms with van der Waals surface area (Å²) in [6, 6.07) is 74.9. The zero-order chi connectivity index (χ0) is 37.5. The molecule has 0 aliphatic heterocycles. The number of fused-ring (bicyclic) bond motifs is 13. The Kier molecular flexibility index (Phi) is 6.88. The van der Waals surface area contributed by atoms with Crippen LogP contribution in [-0.4, -0.2) is 9.97 Å². The highest BCUT2D eigenvalue weighted by Crippen LogP contribution is 2.63. The minimum Gasteiger partial charge on any atom is -0.228 e. The fourth-order valence-corrected chi connectivity index (χ4v) is 9.86. The number of rotatable bonds is 4. The van der Waals surface area contributed by atoms with Crippen molar-refractivity contribution in [2.75, 3.05) is 0 Å². The summed E-state index contributed by atoms with van der Waals surface area (Å²) in [6.45, 7) is 0. The van der Waals surface area contributed by atoms with E-state index in [4.69, 9.17) is 9.97 Å². The summed E-state index contributed by atoms with van der Waals surface area (Å²) in [4.78, 5) is 10.6. The highest BCUT2D eigenvalue weighted by molar-refractivity contribution is 6.08. The first kappa shape index (κ1) is 31.9. The molecule has 0 saturated heterocycles. The summed E-state index contributed by atoms with van der Waals surface area (Å²) in [5.41, 5.74) is 17.4. The van der Waals surface area contributed by atoms with E-state index in [0.29, 0.717) is 5.82 Å². The van der Waals surface area contributed by atoms with Crippen LogP contribution in [0.4, 0.5) is 0 Å². The Hall–Kier alpha value is -7.42. The lowest BCUT2D eigenvalue weighted by Crippen LogP contribution is -2.25. The largest absolute Gasteiger partial charge is 0.228 e. The minimum absolute atomic E-state index is 0.388. The summed E-state index contributed by atoms with van der Waals surface area (Å²) in [5, 5.41) is 4.94. The van der Waals surface area contributed by atoms with Crippen LogP contribution in [0.1, 0.15) is 22.3 Å². The topological polar surface area (TPSA) is 25.8 Å². The van der Waals surface area contributed by atoms with Gasteiger partial charge in [0.1, 0.15) is 0 Å². The van der Waals surface area contributed by atoms with E-state index in [0.717, 1.165) is 33.6 Å². The van der Waals surface area contributed by atoms with Gasteiger partial charge in [0.05, 0.1) is 16.8 Å². The monoisotopic (exact) mass is 722 g/mol. The third-order valence-electron chi connectivity index (χ3n) is 12.3. The highest BCUT2D eigenvalue weighted by Gasteiger charge is 2.51. The van der Waals surface area contributed by atoms with E-state index >= 15 is 0 Å². The van der Waals surface area contributed by atoms with Gasteiger partial charge in [-0.2, -0.15) is 0 Å². The van der Waals surface area contributed by atoms with Crippen molar-refractivity contribution >= 4 is 21.5 Å². The molecular weight excluding hydrogens is 689 g/mol. The van der Waals surface area contributed by atoms with Crippen molar-refractivity contribution in [2.45, 2.75) is 5.41 Å². The van der Waals surface area contributed by atoms with Gasteiger partial charge in [-0.3, -0.25) is 0 Å². The van der Waals surface area contributed by atoms with E-state index in [2.05, 4.69) is 200 Å². The van der Waals surface area contributed by atoms with Crippen LogP contribution in [0, 0.1) is 0 Å². The molecule has 2 heteroatoms. The van der Waals surface area contributed by atoms with E-state index in [1.165, 1.54) is 71.6 Å². The van der Waals surface area contributed by atoms with Gasteiger partial charge in [0, 0.05) is 16.7 Å². The second-order valence-corrected chi connectivity index (χ2v) is 15.2. The summed E-state index contributed by atoms with van der Waals surface area (Å²) < 4.78 is 0. The van der Waals surface area contributed by atoms with Crippen LogP contribution in [0.5, 0.6) is 0 Å². The molecule has 57 heavy (non-hydrogen) atoms. The first-order valence-electron chi connectivity index (χ1n) is 19.7. The summed E-state index contributed by atoms with van der Waals surface area (Å²) in [6.07, 6.45) is 0. The van der Waals surface area contributed by atoms with Crippen molar-refractivity contribution in [3.8, 4) is 67.3 Å². The molecule has 0 amide bonds. The maximum atomic E-state index is 5.31. The Balaban J connectivity index is 1.04. The van der Waals surface area contributed by atoms with E-state index in [9.17, 15) is 0 Å². The van der Waals surface area contributed by atoms with Gasteiger partial charge in [-0.25, -0.2) is 9.97 Å². The molecule has 0 bridgehead atoms. The Morgan fingerprint density at radius 2 is 0.842 bits per heavy atom. The molecule has 1 heterocycles. The van der Waals surface area contributed by atoms with E-state index in [1.54, 1.807) is 0 Å². The van der Waals surface area contributed by atoms with Gasteiger partial charge in [-0.05, 0) is 95.4 Å². The van der Waals surface area contributed by atoms with Crippen molar-refractivity contribution in [3.63, 3.8) is 0 Å². The van der Waals surface area contributed by atoms with E-state index in [-0.39, 0.29) is 5.41 Å². The quantitative estimate of drug-likeness (QED) is 0.169. The van der Waals surface area contributed by atoms with Crippen LogP contribution < -0.4 is 0 Å². The number of nitrogens with zero attached hydrogens (tertiary/aromatic N) is 2. The highest BCUT2D eigenvalue weighted by atomic mass is 14.9. The second-order valence-electron chi connectivity index (χ2n) is 15.2. The van der Waals surface area contributed by atoms with Gasteiger partial charge < -0.3 is 0 Å². The van der Waals surface area contributed by atoms with Crippen LogP contribution in [-0.2, 0) is 5.41 Å². The van der Waals surface area contributed by atoms with Gasteiger partial charge in [0.25, 0.3) is 0 Å². The molecule has 10 aromatic rings. The van der Waals surface area contributed by atoms with Crippen LogP contribution >= 0.6 is 0 Å². The Morgan fingerprint density at radius 1 is 0.298 bits per heavy atom. The average molecular weight is 723 g/mol. The molecular formula is C55H34N2. The predicted molar refractivity (Wildman–Crippen MR) is 235 cm³/mol. The normalized spacial score (nSPS) is 13.1. The number of benzene rings is 9. The Labute approximate surface area is 331 Å². The molecule has 264 valence electrons. The minimum atomic E-state index is -0.388. The summed E-state index contributed by atoms with van der Waals surface area (Å²) >= 11 is 0. The predicted octanol–water partition coefficient (Wildman–Crippen LogP) is 13.8. The maximum Gasteiger partial charge on any atom is 0.160 e. The molecule has 2 aliphatic carbocycles. The lowest BCUT2D eigenvalue weighted by atomic mass is 9.70. The molecule has 2 nitrogen and oxygen atoms in total. The second kappa shape index (κ2) is 12.3. The number of hydrogen-bond acceptors (Lipinski definition) is 2. The molecule has 2 aliphatic rings. The Morgan fingerprint density at radius 3 is 1.63 bits per heavy atom. The molecule has 1 spiro atoms. The van der Waals surface area contributed by atoms with Gasteiger partial charge in [0.15, 0.2) is 5.82 Å². The third kappa shape index (κ3) is 4.65. The van der Waals surface area contributed by atoms with Gasteiger partial charge in [0.2, 0.25) is 0 Å². The van der Waals surface area contributed by atoms with Crippen LogP contribution in [0.2, 0.25) is 0 Å². The standard InChI is InChI=1S/C55H34N2/c1-2-15-36(16-3-1)51-34-52(39-30-31-42-38(32-39)29-28-35-14-4-5-19-41(35)42)57-54(56-51)40-18-12-17-37(33-40)43-23-13-27-50-53(43)46-22-8-11-26-49(46)55(50)47-24-9-6-20-44(47)45-21-7-10-25-48(45)55/h1-34H. The number of hydrogen-bond donors (Lipinski definition) is 0. The SMILES string of the molecule is c1ccc(-c2cc(-c3ccc4c(ccc5ccccc54)c3)nc(-c3cccc(-c4cccc5c4-c4ccccc4C54c5ccccc5-c5ccccc54)c3)n2)cc1. The molecule has 0 unspecified atom stereocenters. The molecule has 0 saturated carbocycles. The third-order valence-corrected chi connectivity index (χ3v) is 12.3. The zero-order valence-electron chi connectivity index (χ0n) is 31.0. The smallest absolute Gasteiger partial charge is 0.160 e. The molecule has 9 aromatic carbocycles. The molecule has 1 aromatic heterocycles. The fourth-order valence-electron chi connectivity index (χ4n) is 9.86. The van der Waals surface area contributed by atoms with Gasteiger partial charge in [-0.1, -0.05) is 188 Å². The van der Waals surface area contributed by atoms with E-state index < -0.39 is 0 Å². The zero-order valence-corrected chi connectivity index (χ0v) is 31.0. The molecule has 0 radical (unpaired) electrons. The summed E-state index contributed by atoms with van der Waals surface area (Å²) in [5.74, 6) is 0.704.